The van der Waals surface area contributed by atoms with E-state index >= 15 is 0 Å². The third-order valence-electron chi connectivity index (χ3n) is 2.92. The molecule has 1 saturated carbocycles. The molecule has 0 saturated heterocycles. The Balaban J connectivity index is 2.36. The number of hydrogen-bond donors (Lipinski definition) is 0. The van der Waals surface area contributed by atoms with Crippen LogP contribution in [0.25, 0.3) is 0 Å². The van der Waals surface area contributed by atoms with E-state index in [1.807, 2.05) is 6.92 Å². The lowest BCUT2D eigenvalue weighted by Gasteiger charge is -2.40. The Kier molecular flexibility index (Phi) is 2.02. The van der Waals surface area contributed by atoms with Gasteiger partial charge in [0.15, 0.2) is 0 Å². The van der Waals surface area contributed by atoms with Gasteiger partial charge in [0.2, 0.25) is 0 Å². The van der Waals surface area contributed by atoms with E-state index in [9.17, 15) is 4.39 Å². The minimum atomic E-state index is -0.882. The molecule has 1 aliphatic carbocycles. The van der Waals surface area contributed by atoms with Crippen LogP contribution in [0.3, 0.4) is 0 Å². The Labute approximate surface area is 62.8 Å². The SMILES string of the molecule is CCC(C)(F)C1CC(C)C1. The lowest BCUT2D eigenvalue weighted by Crippen LogP contribution is -2.38. The van der Waals surface area contributed by atoms with Crippen molar-refractivity contribution in [2.45, 2.75) is 45.7 Å². The minimum Gasteiger partial charge on any atom is -0.244 e. The summed E-state index contributed by atoms with van der Waals surface area (Å²) in [6.07, 6.45) is 2.87. The summed E-state index contributed by atoms with van der Waals surface area (Å²) < 4.78 is 13.4. The van der Waals surface area contributed by atoms with Crippen LogP contribution in [0.1, 0.15) is 40.0 Å². The van der Waals surface area contributed by atoms with Crippen LogP contribution in [0, 0.1) is 11.8 Å². The maximum Gasteiger partial charge on any atom is 0.110 e. The zero-order valence-electron chi connectivity index (χ0n) is 7.15. The summed E-state index contributed by atoms with van der Waals surface area (Å²) in [5, 5.41) is 0. The number of halogens is 1. The maximum absolute atomic E-state index is 13.4. The van der Waals surface area contributed by atoms with Crippen molar-refractivity contribution in [1.29, 1.82) is 0 Å². The second-order valence-corrected chi connectivity index (χ2v) is 3.91. The topological polar surface area (TPSA) is 0 Å². The summed E-state index contributed by atoms with van der Waals surface area (Å²) in [7, 11) is 0. The molecule has 1 heteroatoms. The highest BCUT2D eigenvalue weighted by atomic mass is 19.1. The van der Waals surface area contributed by atoms with Gasteiger partial charge in [-0.25, -0.2) is 4.39 Å². The third-order valence-corrected chi connectivity index (χ3v) is 2.92. The van der Waals surface area contributed by atoms with Crippen molar-refractivity contribution >= 4 is 0 Å². The fraction of sp³-hybridized carbons (Fsp3) is 1.00. The molecule has 0 amide bonds. The van der Waals surface area contributed by atoms with E-state index in [1.165, 1.54) is 0 Å². The monoisotopic (exact) mass is 144 g/mol. The van der Waals surface area contributed by atoms with Crippen LogP contribution in [-0.4, -0.2) is 5.67 Å². The number of rotatable bonds is 2. The van der Waals surface area contributed by atoms with E-state index in [0.29, 0.717) is 12.3 Å². The van der Waals surface area contributed by atoms with Crippen molar-refractivity contribution in [3.63, 3.8) is 0 Å². The van der Waals surface area contributed by atoms with Gasteiger partial charge >= 0.3 is 0 Å². The highest BCUT2D eigenvalue weighted by Crippen LogP contribution is 2.43. The molecule has 0 aliphatic heterocycles. The molecule has 0 aromatic heterocycles. The van der Waals surface area contributed by atoms with Gasteiger partial charge in [-0.2, -0.15) is 0 Å². The molecule has 0 nitrogen and oxygen atoms in total. The largest absolute Gasteiger partial charge is 0.244 e. The first-order chi connectivity index (χ1) is 4.56. The third kappa shape index (κ3) is 1.33. The summed E-state index contributed by atoms with van der Waals surface area (Å²) in [6.45, 7) is 5.87. The smallest absolute Gasteiger partial charge is 0.110 e. The Morgan fingerprint density at radius 3 is 2.30 bits per heavy atom. The molecule has 0 spiro atoms. The summed E-state index contributed by atoms with van der Waals surface area (Å²) in [6, 6.07) is 0. The van der Waals surface area contributed by atoms with Crippen molar-refractivity contribution in [1.82, 2.24) is 0 Å². The quantitative estimate of drug-likeness (QED) is 0.558. The average Bonchev–Trinajstić information content (AvgIpc) is 1.81. The van der Waals surface area contributed by atoms with Gasteiger partial charge in [0.1, 0.15) is 5.67 Å². The molecule has 0 heterocycles. The summed E-state index contributed by atoms with van der Waals surface area (Å²) in [4.78, 5) is 0. The normalized spacial score (nSPS) is 38.4. The molecule has 60 valence electrons. The van der Waals surface area contributed by atoms with Crippen molar-refractivity contribution in [2.24, 2.45) is 11.8 Å². The van der Waals surface area contributed by atoms with E-state index in [0.717, 1.165) is 18.8 Å². The second kappa shape index (κ2) is 2.52. The standard InChI is InChI=1S/C9H17F/c1-4-9(3,10)8-5-7(2)6-8/h7-8H,4-6H2,1-3H3. The predicted molar refractivity (Wildman–Crippen MR) is 41.7 cm³/mol. The van der Waals surface area contributed by atoms with Crippen molar-refractivity contribution in [2.75, 3.05) is 0 Å². The molecule has 0 bridgehead atoms. The first-order valence-corrected chi connectivity index (χ1v) is 4.25. The highest BCUT2D eigenvalue weighted by molar-refractivity contribution is 4.89. The molecule has 10 heavy (non-hydrogen) atoms. The Morgan fingerprint density at radius 2 is 2.00 bits per heavy atom. The van der Waals surface area contributed by atoms with Gasteiger partial charge in [-0.05, 0) is 38.0 Å². The van der Waals surface area contributed by atoms with Gasteiger partial charge in [-0.15, -0.1) is 0 Å². The van der Waals surface area contributed by atoms with Gasteiger partial charge < -0.3 is 0 Å². The van der Waals surface area contributed by atoms with Crippen LogP contribution in [0.15, 0.2) is 0 Å². The van der Waals surface area contributed by atoms with Crippen LogP contribution in [-0.2, 0) is 0 Å². The zero-order chi connectivity index (χ0) is 7.78. The van der Waals surface area contributed by atoms with E-state index in [1.54, 1.807) is 6.92 Å². The Bertz CT molecular complexity index is 112. The summed E-state index contributed by atoms with van der Waals surface area (Å²) in [5.74, 6) is 1.12. The molecule has 1 unspecified atom stereocenters. The fourth-order valence-electron chi connectivity index (χ4n) is 1.68. The first kappa shape index (κ1) is 8.03. The molecule has 1 atom stereocenters. The van der Waals surface area contributed by atoms with Gasteiger partial charge in [0.05, 0.1) is 0 Å². The lowest BCUT2D eigenvalue weighted by atomic mass is 9.68. The molecule has 0 aromatic rings. The number of alkyl halides is 1. The van der Waals surface area contributed by atoms with Crippen molar-refractivity contribution in [3.8, 4) is 0 Å². The predicted octanol–water partition coefficient (Wildman–Crippen LogP) is 3.17. The Morgan fingerprint density at radius 1 is 1.50 bits per heavy atom. The van der Waals surface area contributed by atoms with E-state index in [4.69, 9.17) is 0 Å². The average molecular weight is 144 g/mol. The fourth-order valence-corrected chi connectivity index (χ4v) is 1.68. The molecule has 1 rings (SSSR count). The zero-order valence-corrected chi connectivity index (χ0v) is 7.15. The number of hydrogen-bond acceptors (Lipinski definition) is 0. The van der Waals surface area contributed by atoms with Gasteiger partial charge in [-0.3, -0.25) is 0 Å². The van der Waals surface area contributed by atoms with Crippen LogP contribution in [0.5, 0.6) is 0 Å². The highest BCUT2D eigenvalue weighted by Gasteiger charge is 2.39. The summed E-state index contributed by atoms with van der Waals surface area (Å²) in [5.41, 5.74) is -0.882. The molecule has 0 aromatic carbocycles. The summed E-state index contributed by atoms with van der Waals surface area (Å²) >= 11 is 0. The molecular formula is C9H17F. The van der Waals surface area contributed by atoms with Crippen molar-refractivity contribution < 1.29 is 4.39 Å². The van der Waals surface area contributed by atoms with Gasteiger partial charge in [0, 0.05) is 0 Å². The molecule has 1 fully saturated rings. The molecule has 1 aliphatic rings. The second-order valence-electron chi connectivity index (χ2n) is 3.91. The molecular weight excluding hydrogens is 127 g/mol. The maximum atomic E-state index is 13.4. The van der Waals surface area contributed by atoms with E-state index < -0.39 is 5.67 Å². The van der Waals surface area contributed by atoms with Crippen LogP contribution in [0.2, 0.25) is 0 Å². The van der Waals surface area contributed by atoms with Crippen LogP contribution < -0.4 is 0 Å². The van der Waals surface area contributed by atoms with E-state index in [-0.39, 0.29) is 0 Å². The molecule has 0 N–H and O–H groups in total. The van der Waals surface area contributed by atoms with E-state index in [2.05, 4.69) is 6.92 Å². The Hall–Kier alpha value is -0.0700. The van der Waals surface area contributed by atoms with Gasteiger partial charge in [-0.1, -0.05) is 13.8 Å². The molecule has 0 radical (unpaired) electrons. The van der Waals surface area contributed by atoms with Crippen molar-refractivity contribution in [3.05, 3.63) is 0 Å². The minimum absolute atomic E-state index is 0.354. The van der Waals surface area contributed by atoms with Crippen LogP contribution in [0.4, 0.5) is 4.39 Å². The first-order valence-electron chi connectivity index (χ1n) is 4.25. The van der Waals surface area contributed by atoms with Gasteiger partial charge in [0.25, 0.3) is 0 Å². The lowest BCUT2D eigenvalue weighted by molar-refractivity contribution is 0.0151. The van der Waals surface area contributed by atoms with Crippen LogP contribution >= 0.6 is 0 Å².